The Morgan fingerprint density at radius 1 is 1.30 bits per heavy atom. The Bertz CT molecular complexity index is 836. The highest BCUT2D eigenvalue weighted by molar-refractivity contribution is 6.05. The molecular formula is C21H23FN2O3. The second-order valence-corrected chi connectivity index (χ2v) is 6.75. The van der Waals surface area contributed by atoms with Crippen LogP contribution in [0.4, 0.5) is 4.39 Å². The van der Waals surface area contributed by atoms with Crippen LogP contribution in [0.1, 0.15) is 30.9 Å². The molecule has 3 rings (SSSR count). The van der Waals surface area contributed by atoms with Gasteiger partial charge in [0.05, 0.1) is 12.8 Å². The van der Waals surface area contributed by atoms with E-state index in [1.54, 1.807) is 20.1 Å². The molecular weight excluding hydrogens is 347 g/mol. The van der Waals surface area contributed by atoms with Crippen LogP contribution in [0.15, 0.2) is 53.7 Å². The van der Waals surface area contributed by atoms with E-state index in [2.05, 4.69) is 10.5 Å². The molecule has 2 aromatic rings. The molecule has 1 aliphatic heterocycles. The van der Waals surface area contributed by atoms with Gasteiger partial charge in [0.2, 0.25) is 5.60 Å². The van der Waals surface area contributed by atoms with Gasteiger partial charge < -0.3 is 14.9 Å². The Balaban J connectivity index is 1.48. The lowest BCUT2D eigenvalue weighted by atomic mass is 9.95. The molecule has 0 bridgehead atoms. The highest BCUT2D eigenvalue weighted by Crippen LogP contribution is 2.27. The van der Waals surface area contributed by atoms with Crippen LogP contribution < -0.4 is 10.1 Å². The van der Waals surface area contributed by atoms with Crippen LogP contribution in [0.5, 0.6) is 5.75 Å². The van der Waals surface area contributed by atoms with E-state index in [9.17, 15) is 9.18 Å². The van der Waals surface area contributed by atoms with E-state index in [4.69, 9.17) is 9.57 Å². The summed E-state index contributed by atoms with van der Waals surface area (Å²) < 4.78 is 18.3. The van der Waals surface area contributed by atoms with Crippen LogP contribution in [0, 0.1) is 5.82 Å². The third-order valence-electron chi connectivity index (χ3n) is 4.58. The molecule has 2 aromatic carbocycles. The van der Waals surface area contributed by atoms with E-state index in [0.29, 0.717) is 19.4 Å². The third-order valence-corrected chi connectivity index (χ3v) is 4.58. The molecule has 27 heavy (non-hydrogen) atoms. The first-order valence-electron chi connectivity index (χ1n) is 8.92. The van der Waals surface area contributed by atoms with Crippen molar-refractivity contribution in [2.75, 3.05) is 13.7 Å². The summed E-state index contributed by atoms with van der Waals surface area (Å²) in [4.78, 5) is 18.0. The number of nitrogens with one attached hydrogen (secondary N) is 1. The van der Waals surface area contributed by atoms with Gasteiger partial charge in [0.25, 0.3) is 5.91 Å². The highest BCUT2D eigenvalue weighted by Gasteiger charge is 2.41. The average Bonchev–Trinajstić information content (AvgIpc) is 3.09. The first-order chi connectivity index (χ1) is 13.0. The molecule has 1 amide bonds. The predicted molar refractivity (Wildman–Crippen MR) is 101 cm³/mol. The summed E-state index contributed by atoms with van der Waals surface area (Å²) in [5, 5.41) is 6.98. The number of hydrogen-bond acceptors (Lipinski definition) is 4. The molecule has 0 saturated carbocycles. The lowest BCUT2D eigenvalue weighted by Gasteiger charge is -2.20. The summed E-state index contributed by atoms with van der Waals surface area (Å²) in [6.45, 7) is 2.22. The number of aryl methyl sites for hydroxylation is 1. The van der Waals surface area contributed by atoms with Crippen molar-refractivity contribution in [1.82, 2.24) is 5.32 Å². The summed E-state index contributed by atoms with van der Waals surface area (Å²) in [5.41, 5.74) is 1.53. The minimum absolute atomic E-state index is 0.200. The van der Waals surface area contributed by atoms with Gasteiger partial charge in [-0.3, -0.25) is 4.79 Å². The fraction of sp³-hybridized carbons (Fsp3) is 0.333. The Labute approximate surface area is 158 Å². The topological polar surface area (TPSA) is 59.9 Å². The highest BCUT2D eigenvalue weighted by atomic mass is 19.1. The second kappa shape index (κ2) is 8.20. The molecule has 0 radical (unpaired) electrons. The summed E-state index contributed by atoms with van der Waals surface area (Å²) >= 11 is 0. The van der Waals surface area contributed by atoms with Crippen LogP contribution in [0.25, 0.3) is 0 Å². The predicted octanol–water partition coefficient (Wildman–Crippen LogP) is 3.47. The number of nitrogens with zero attached hydrogens (tertiary/aromatic N) is 1. The average molecular weight is 370 g/mol. The van der Waals surface area contributed by atoms with Gasteiger partial charge in [0, 0.05) is 13.0 Å². The molecule has 1 N–H and O–H groups in total. The monoisotopic (exact) mass is 370 g/mol. The summed E-state index contributed by atoms with van der Waals surface area (Å²) in [6, 6.07) is 14.0. The van der Waals surface area contributed by atoms with E-state index >= 15 is 0 Å². The van der Waals surface area contributed by atoms with Crippen LogP contribution >= 0.6 is 0 Å². The molecule has 0 saturated heterocycles. The van der Waals surface area contributed by atoms with Crippen LogP contribution in [-0.4, -0.2) is 30.9 Å². The van der Waals surface area contributed by atoms with Crippen molar-refractivity contribution >= 4 is 11.6 Å². The van der Waals surface area contributed by atoms with Crippen molar-refractivity contribution in [3.05, 3.63) is 65.5 Å². The number of benzene rings is 2. The van der Waals surface area contributed by atoms with Crippen LogP contribution in [0.2, 0.25) is 0 Å². The number of ether oxygens (including phenoxy) is 1. The Hall–Kier alpha value is -2.89. The molecule has 0 aromatic heterocycles. The standard InChI is InChI=1S/C21H23FN2O3/c1-21(14-19(24-27-21)16-8-10-18(26-2)11-9-16)20(25)23-12-4-6-15-5-3-7-17(22)13-15/h3,5,7-11,13H,4,6,12,14H2,1-2H3,(H,23,25)/t21-/m0/s1. The summed E-state index contributed by atoms with van der Waals surface area (Å²) in [7, 11) is 1.61. The lowest BCUT2D eigenvalue weighted by Crippen LogP contribution is -2.45. The van der Waals surface area contributed by atoms with Crippen molar-refractivity contribution in [1.29, 1.82) is 0 Å². The molecule has 0 unspecified atom stereocenters. The van der Waals surface area contributed by atoms with Gasteiger partial charge in [0.15, 0.2) is 0 Å². The Morgan fingerprint density at radius 2 is 2.07 bits per heavy atom. The number of halogens is 1. The summed E-state index contributed by atoms with van der Waals surface area (Å²) in [5.74, 6) is 0.317. The Kier molecular flexibility index (Phi) is 5.74. The SMILES string of the molecule is COc1ccc(C2=NO[C@](C)(C(=O)NCCCc3cccc(F)c3)C2)cc1. The maximum atomic E-state index is 13.2. The van der Waals surface area contributed by atoms with Crippen molar-refractivity contribution in [3.8, 4) is 5.75 Å². The number of hydrogen-bond donors (Lipinski definition) is 1. The van der Waals surface area contributed by atoms with Gasteiger partial charge in [-0.2, -0.15) is 0 Å². The van der Waals surface area contributed by atoms with E-state index in [0.717, 1.165) is 29.0 Å². The van der Waals surface area contributed by atoms with Gasteiger partial charge in [-0.25, -0.2) is 4.39 Å². The normalized spacial score (nSPS) is 18.6. The first kappa shape index (κ1) is 18.9. The maximum Gasteiger partial charge on any atom is 0.267 e. The minimum Gasteiger partial charge on any atom is -0.497 e. The molecule has 6 heteroatoms. The van der Waals surface area contributed by atoms with Gasteiger partial charge >= 0.3 is 0 Å². The van der Waals surface area contributed by atoms with Gasteiger partial charge in [-0.1, -0.05) is 17.3 Å². The number of carbonyl (C=O) groups is 1. The van der Waals surface area contributed by atoms with Crippen LogP contribution in [-0.2, 0) is 16.1 Å². The first-order valence-corrected chi connectivity index (χ1v) is 8.92. The molecule has 1 atom stereocenters. The molecule has 142 valence electrons. The minimum atomic E-state index is -1.02. The number of methoxy groups -OCH3 is 1. The van der Waals surface area contributed by atoms with Crippen molar-refractivity contribution < 1.29 is 18.8 Å². The lowest BCUT2D eigenvalue weighted by molar-refractivity contribution is -0.141. The largest absolute Gasteiger partial charge is 0.497 e. The van der Waals surface area contributed by atoms with E-state index in [-0.39, 0.29) is 11.7 Å². The zero-order chi connectivity index (χ0) is 19.3. The molecule has 0 aliphatic carbocycles. The van der Waals surface area contributed by atoms with Gasteiger partial charge in [-0.15, -0.1) is 0 Å². The zero-order valence-corrected chi connectivity index (χ0v) is 15.5. The molecule has 1 aliphatic rings. The molecule has 5 nitrogen and oxygen atoms in total. The third kappa shape index (κ3) is 4.64. The van der Waals surface area contributed by atoms with Crippen LogP contribution in [0.3, 0.4) is 0 Å². The summed E-state index contributed by atoms with van der Waals surface area (Å²) in [6.07, 6.45) is 1.82. The number of amides is 1. The number of carbonyl (C=O) groups excluding carboxylic acids is 1. The van der Waals surface area contributed by atoms with Crippen molar-refractivity contribution in [3.63, 3.8) is 0 Å². The number of oxime groups is 1. The van der Waals surface area contributed by atoms with E-state index in [1.165, 1.54) is 12.1 Å². The quantitative estimate of drug-likeness (QED) is 0.760. The fourth-order valence-electron chi connectivity index (χ4n) is 2.97. The second-order valence-electron chi connectivity index (χ2n) is 6.75. The molecule has 0 fully saturated rings. The Morgan fingerprint density at radius 3 is 2.78 bits per heavy atom. The molecule has 0 spiro atoms. The number of rotatable bonds is 7. The zero-order valence-electron chi connectivity index (χ0n) is 15.5. The van der Waals surface area contributed by atoms with Crippen molar-refractivity contribution in [2.24, 2.45) is 5.16 Å². The fourth-order valence-corrected chi connectivity index (χ4v) is 2.97. The molecule has 1 heterocycles. The van der Waals surface area contributed by atoms with E-state index < -0.39 is 5.60 Å². The maximum absolute atomic E-state index is 13.2. The smallest absolute Gasteiger partial charge is 0.267 e. The van der Waals surface area contributed by atoms with Gasteiger partial charge in [0.1, 0.15) is 11.6 Å². The van der Waals surface area contributed by atoms with Crippen molar-refractivity contribution in [2.45, 2.75) is 31.8 Å². The van der Waals surface area contributed by atoms with E-state index in [1.807, 2.05) is 30.3 Å². The van der Waals surface area contributed by atoms with Gasteiger partial charge in [-0.05, 0) is 67.3 Å².